The normalized spacial score (nSPS) is 25.7. The molecule has 4 nitrogen and oxygen atoms in total. The number of carbonyl (C=O) groups is 1. The zero-order valence-electron chi connectivity index (χ0n) is 14.1. The molecule has 2 aliphatic heterocycles. The zero-order chi connectivity index (χ0) is 16.1. The number of hydrogen-bond acceptors (Lipinski definition) is 3. The van der Waals surface area contributed by atoms with Gasteiger partial charge in [-0.2, -0.15) is 0 Å². The minimum Gasteiger partial charge on any atom is -0.380 e. The molecule has 2 atom stereocenters. The van der Waals surface area contributed by atoms with Crippen LogP contribution in [0.4, 0.5) is 0 Å². The summed E-state index contributed by atoms with van der Waals surface area (Å²) in [6.07, 6.45) is 2.66. The summed E-state index contributed by atoms with van der Waals surface area (Å²) in [6.45, 7) is 7.36. The van der Waals surface area contributed by atoms with Gasteiger partial charge in [0, 0.05) is 44.6 Å². The zero-order valence-corrected chi connectivity index (χ0v) is 14.1. The van der Waals surface area contributed by atoms with E-state index in [0.717, 1.165) is 52.2 Å². The van der Waals surface area contributed by atoms with Crippen LogP contribution in [0.1, 0.15) is 31.7 Å². The molecule has 0 saturated carbocycles. The van der Waals surface area contributed by atoms with E-state index in [4.69, 9.17) is 4.74 Å². The highest BCUT2D eigenvalue weighted by atomic mass is 16.5. The Bertz CT molecular complexity index is 505. The van der Waals surface area contributed by atoms with Crippen molar-refractivity contribution in [2.24, 2.45) is 5.92 Å². The average Bonchev–Trinajstić information content (AvgIpc) is 2.78. The van der Waals surface area contributed by atoms with Crippen molar-refractivity contribution < 1.29 is 9.53 Å². The van der Waals surface area contributed by atoms with Crippen LogP contribution in [-0.4, -0.2) is 54.6 Å². The first-order valence-corrected chi connectivity index (χ1v) is 8.91. The third kappa shape index (κ3) is 4.12. The topological polar surface area (TPSA) is 32.8 Å². The van der Waals surface area contributed by atoms with Gasteiger partial charge in [0.1, 0.15) is 0 Å². The number of piperidine rings is 1. The summed E-state index contributed by atoms with van der Waals surface area (Å²) < 4.78 is 5.83. The summed E-state index contributed by atoms with van der Waals surface area (Å²) in [4.78, 5) is 16.9. The molecule has 1 aromatic rings. The molecule has 0 bridgehead atoms. The highest BCUT2D eigenvalue weighted by Gasteiger charge is 2.36. The maximum Gasteiger partial charge on any atom is 0.222 e. The maximum atomic E-state index is 12.3. The Morgan fingerprint density at radius 3 is 2.87 bits per heavy atom. The van der Waals surface area contributed by atoms with Gasteiger partial charge in [-0.25, -0.2) is 0 Å². The first-order valence-electron chi connectivity index (χ1n) is 8.91. The van der Waals surface area contributed by atoms with Gasteiger partial charge in [-0.3, -0.25) is 9.69 Å². The first-order chi connectivity index (χ1) is 11.3. The van der Waals surface area contributed by atoms with Gasteiger partial charge in [-0.15, -0.1) is 0 Å². The summed E-state index contributed by atoms with van der Waals surface area (Å²) in [5, 5.41) is 0. The van der Waals surface area contributed by atoms with Crippen molar-refractivity contribution in [1.82, 2.24) is 9.80 Å². The molecule has 4 heteroatoms. The van der Waals surface area contributed by atoms with Crippen molar-refractivity contribution in [3.05, 3.63) is 35.9 Å². The highest BCUT2D eigenvalue weighted by molar-refractivity contribution is 5.76. The van der Waals surface area contributed by atoms with E-state index in [2.05, 4.69) is 47.1 Å². The second kappa shape index (κ2) is 7.93. The van der Waals surface area contributed by atoms with Gasteiger partial charge in [0.25, 0.3) is 0 Å². The van der Waals surface area contributed by atoms with E-state index >= 15 is 0 Å². The van der Waals surface area contributed by atoms with E-state index in [1.54, 1.807) is 0 Å². The van der Waals surface area contributed by atoms with Gasteiger partial charge in [-0.05, 0) is 18.4 Å². The van der Waals surface area contributed by atoms with Crippen LogP contribution in [0.3, 0.4) is 0 Å². The lowest BCUT2D eigenvalue weighted by Crippen LogP contribution is -2.54. The molecule has 0 N–H and O–H groups in total. The second-order valence-corrected chi connectivity index (χ2v) is 6.74. The molecule has 0 aliphatic carbocycles. The van der Waals surface area contributed by atoms with Gasteiger partial charge in [0.15, 0.2) is 0 Å². The molecule has 0 spiro atoms. The van der Waals surface area contributed by atoms with Crippen molar-refractivity contribution >= 4 is 5.91 Å². The fraction of sp³-hybridized carbons (Fsp3) is 0.632. The number of rotatable bonds is 4. The Hall–Kier alpha value is -1.39. The molecule has 0 unspecified atom stereocenters. The lowest BCUT2D eigenvalue weighted by atomic mass is 9.90. The smallest absolute Gasteiger partial charge is 0.222 e. The molecular formula is C19H28N2O2. The van der Waals surface area contributed by atoms with Crippen LogP contribution in [-0.2, 0) is 16.1 Å². The Balaban J connectivity index is 1.71. The molecule has 1 amide bonds. The largest absolute Gasteiger partial charge is 0.380 e. The minimum absolute atomic E-state index is 0.316. The van der Waals surface area contributed by atoms with E-state index < -0.39 is 0 Å². The van der Waals surface area contributed by atoms with Crippen LogP contribution in [0.25, 0.3) is 0 Å². The number of likely N-dealkylation sites (tertiary alicyclic amines) is 1. The fourth-order valence-electron chi connectivity index (χ4n) is 3.78. The fourth-order valence-corrected chi connectivity index (χ4v) is 3.78. The number of benzene rings is 1. The van der Waals surface area contributed by atoms with E-state index in [0.29, 0.717) is 24.3 Å². The lowest BCUT2D eigenvalue weighted by molar-refractivity contribution is -0.134. The summed E-state index contributed by atoms with van der Waals surface area (Å²) in [7, 11) is 0. The molecule has 2 aliphatic rings. The highest BCUT2D eigenvalue weighted by Crippen LogP contribution is 2.27. The summed E-state index contributed by atoms with van der Waals surface area (Å²) in [5.41, 5.74) is 1.34. The van der Waals surface area contributed by atoms with Gasteiger partial charge in [-0.1, -0.05) is 37.3 Å². The average molecular weight is 316 g/mol. The standard InChI is InChI=1S/C19H28N2O2/c1-2-6-19(22)21-10-9-17-15-23-12-11-20(18(17)14-21)13-16-7-4-3-5-8-16/h3-5,7-8,17-18H,2,6,9-15H2,1H3/t17-,18-/m1/s1. The molecule has 2 heterocycles. The molecule has 126 valence electrons. The van der Waals surface area contributed by atoms with Crippen LogP contribution < -0.4 is 0 Å². The summed E-state index contributed by atoms with van der Waals surface area (Å²) in [6, 6.07) is 11.0. The molecule has 2 saturated heterocycles. The molecule has 0 radical (unpaired) electrons. The third-order valence-corrected chi connectivity index (χ3v) is 5.09. The maximum absolute atomic E-state index is 12.3. The van der Waals surface area contributed by atoms with E-state index in [-0.39, 0.29) is 0 Å². The molecule has 23 heavy (non-hydrogen) atoms. The van der Waals surface area contributed by atoms with Crippen LogP contribution in [0.5, 0.6) is 0 Å². The molecule has 0 aromatic heterocycles. The van der Waals surface area contributed by atoms with E-state index in [1.807, 2.05) is 0 Å². The predicted molar refractivity (Wildman–Crippen MR) is 91.1 cm³/mol. The van der Waals surface area contributed by atoms with Crippen molar-refractivity contribution in [1.29, 1.82) is 0 Å². The Kier molecular flexibility index (Phi) is 5.68. The van der Waals surface area contributed by atoms with Gasteiger partial charge in [0.05, 0.1) is 13.2 Å². The first kappa shape index (κ1) is 16.5. The lowest BCUT2D eigenvalue weighted by Gasteiger charge is -2.42. The molecule has 3 rings (SSSR count). The van der Waals surface area contributed by atoms with Gasteiger partial charge in [0.2, 0.25) is 5.91 Å². The summed E-state index contributed by atoms with van der Waals surface area (Å²) in [5.74, 6) is 0.864. The monoisotopic (exact) mass is 316 g/mol. The molecule has 1 aromatic carbocycles. The number of carbonyl (C=O) groups excluding carboxylic acids is 1. The quantitative estimate of drug-likeness (QED) is 0.856. The molecule has 2 fully saturated rings. The van der Waals surface area contributed by atoms with Crippen molar-refractivity contribution in [2.75, 3.05) is 32.8 Å². The Morgan fingerprint density at radius 1 is 1.26 bits per heavy atom. The predicted octanol–water partition coefficient (Wildman–Crippen LogP) is 2.54. The number of hydrogen-bond donors (Lipinski definition) is 0. The van der Waals surface area contributed by atoms with E-state index in [9.17, 15) is 4.79 Å². The van der Waals surface area contributed by atoms with E-state index in [1.165, 1.54) is 5.56 Å². The van der Waals surface area contributed by atoms with Gasteiger partial charge >= 0.3 is 0 Å². The minimum atomic E-state index is 0.316. The van der Waals surface area contributed by atoms with Crippen LogP contribution in [0.2, 0.25) is 0 Å². The third-order valence-electron chi connectivity index (χ3n) is 5.09. The van der Waals surface area contributed by atoms with Crippen LogP contribution >= 0.6 is 0 Å². The summed E-state index contributed by atoms with van der Waals surface area (Å²) >= 11 is 0. The number of amides is 1. The van der Waals surface area contributed by atoms with Crippen LogP contribution in [0.15, 0.2) is 30.3 Å². The number of nitrogens with zero attached hydrogens (tertiary/aromatic N) is 2. The SMILES string of the molecule is CCCC(=O)N1CC[C@@H]2COCCN(Cc3ccccc3)[C@@H]2C1. The molecular weight excluding hydrogens is 288 g/mol. The Labute approximate surface area is 139 Å². The van der Waals surface area contributed by atoms with Crippen molar-refractivity contribution in [3.63, 3.8) is 0 Å². The van der Waals surface area contributed by atoms with Crippen LogP contribution in [0, 0.1) is 5.92 Å². The number of ether oxygens (including phenoxy) is 1. The number of fused-ring (bicyclic) bond motifs is 1. The van der Waals surface area contributed by atoms with Crippen molar-refractivity contribution in [3.8, 4) is 0 Å². The van der Waals surface area contributed by atoms with Gasteiger partial charge < -0.3 is 9.64 Å². The Morgan fingerprint density at radius 2 is 2.09 bits per heavy atom. The second-order valence-electron chi connectivity index (χ2n) is 6.74. The van der Waals surface area contributed by atoms with Crippen molar-refractivity contribution in [2.45, 2.75) is 38.8 Å².